The zero-order valence-corrected chi connectivity index (χ0v) is 19.5. The number of rotatable bonds is 21. The molecule has 28 heavy (non-hydrogen) atoms. The third-order valence-electron chi connectivity index (χ3n) is 4.92. The molecule has 6 nitrogen and oxygen atoms in total. The molecule has 0 aromatic rings. The van der Waals surface area contributed by atoms with Crippen LogP contribution in [-0.4, -0.2) is 36.3 Å². The van der Waals surface area contributed by atoms with E-state index in [0.717, 1.165) is 12.8 Å². The number of phosphoric ester groups is 1. The zero-order chi connectivity index (χ0) is 21.1. The Labute approximate surface area is 173 Å². The van der Waals surface area contributed by atoms with E-state index >= 15 is 0 Å². The second kappa shape index (κ2) is 17.9. The molecule has 0 aliphatic rings. The van der Waals surface area contributed by atoms with Crippen molar-refractivity contribution in [1.29, 1.82) is 0 Å². The topological polar surface area (TPSA) is 101 Å². The fraction of sp³-hybridized carbons (Fsp3) is 1.00. The third-order valence-corrected chi connectivity index (χ3v) is 7.26. The van der Waals surface area contributed by atoms with Crippen LogP contribution in [0.2, 0.25) is 0 Å². The maximum atomic E-state index is 11.8. The van der Waals surface area contributed by atoms with E-state index in [9.17, 15) is 13.0 Å². The fourth-order valence-corrected chi connectivity index (χ4v) is 5.03. The number of hydrogen-bond donors (Lipinski definition) is 2. The van der Waals surface area contributed by atoms with Crippen molar-refractivity contribution in [2.75, 3.05) is 18.1 Å². The van der Waals surface area contributed by atoms with Gasteiger partial charge in [0, 0.05) is 0 Å². The van der Waals surface area contributed by atoms with Crippen molar-refractivity contribution in [3.63, 3.8) is 0 Å². The molecule has 0 spiro atoms. The molecule has 0 amide bonds. The van der Waals surface area contributed by atoms with Crippen molar-refractivity contribution in [2.45, 2.75) is 110 Å². The lowest BCUT2D eigenvalue weighted by Gasteiger charge is -2.06. The van der Waals surface area contributed by atoms with Gasteiger partial charge < -0.3 is 9.79 Å². The Morgan fingerprint density at radius 3 is 1.39 bits per heavy atom. The molecule has 0 aromatic heterocycles. The van der Waals surface area contributed by atoms with Gasteiger partial charge in [-0.15, -0.1) is 0 Å². The van der Waals surface area contributed by atoms with Crippen molar-refractivity contribution in [1.82, 2.24) is 0 Å². The van der Waals surface area contributed by atoms with Crippen LogP contribution in [0, 0.1) is 0 Å². The Bertz CT molecular complexity index is 489. The first-order valence-corrected chi connectivity index (χ1v) is 14.5. The second-order valence-electron chi connectivity index (χ2n) is 7.78. The van der Waals surface area contributed by atoms with Crippen molar-refractivity contribution >= 4 is 17.7 Å². The highest BCUT2D eigenvalue weighted by molar-refractivity contribution is 7.91. The largest absolute Gasteiger partial charge is 0.469 e. The van der Waals surface area contributed by atoms with Crippen LogP contribution in [0.5, 0.6) is 0 Å². The number of hydrogen-bond acceptors (Lipinski definition) is 4. The molecule has 0 radical (unpaired) electrons. The summed E-state index contributed by atoms with van der Waals surface area (Å²) in [5.74, 6) is 0.0762. The molecule has 0 unspecified atom stereocenters. The van der Waals surface area contributed by atoms with Crippen molar-refractivity contribution < 1.29 is 27.3 Å². The quantitative estimate of drug-likeness (QED) is 0.173. The van der Waals surface area contributed by atoms with E-state index in [0.29, 0.717) is 6.42 Å². The molecule has 0 atom stereocenters. The summed E-state index contributed by atoms with van der Waals surface area (Å²) in [5.41, 5.74) is 0. The van der Waals surface area contributed by atoms with Crippen LogP contribution in [-0.2, 0) is 18.9 Å². The lowest BCUT2D eigenvalue weighted by molar-refractivity contribution is 0.197. The molecule has 2 N–H and O–H groups in total. The molecular formula is C20H43O6PS. The Morgan fingerprint density at radius 2 is 1.00 bits per heavy atom. The van der Waals surface area contributed by atoms with Gasteiger partial charge in [0.2, 0.25) is 0 Å². The summed E-state index contributed by atoms with van der Waals surface area (Å²) in [6.45, 7) is 2.02. The number of sulfone groups is 1. The van der Waals surface area contributed by atoms with E-state index in [1.54, 1.807) is 0 Å². The Morgan fingerprint density at radius 1 is 0.643 bits per heavy atom. The second-order valence-corrected chi connectivity index (χ2v) is 11.3. The molecule has 0 aliphatic heterocycles. The number of unbranched alkanes of at least 4 members (excludes halogenated alkanes) is 14. The molecule has 0 saturated carbocycles. The van der Waals surface area contributed by atoms with Crippen LogP contribution in [0.15, 0.2) is 0 Å². The van der Waals surface area contributed by atoms with Gasteiger partial charge in [0.1, 0.15) is 9.84 Å². The minimum absolute atomic E-state index is 0.0778. The SMILES string of the molecule is CCCCCCCCCCCCCCCCCS(=O)(=O)CCCOP(=O)(O)O. The van der Waals surface area contributed by atoms with Gasteiger partial charge in [0.15, 0.2) is 0 Å². The lowest BCUT2D eigenvalue weighted by atomic mass is 10.0. The van der Waals surface area contributed by atoms with E-state index in [2.05, 4.69) is 11.4 Å². The van der Waals surface area contributed by atoms with E-state index in [4.69, 9.17) is 9.79 Å². The van der Waals surface area contributed by atoms with Gasteiger partial charge in [-0.2, -0.15) is 0 Å². The summed E-state index contributed by atoms with van der Waals surface area (Å²) >= 11 is 0. The molecule has 0 saturated heterocycles. The summed E-state index contributed by atoms with van der Waals surface area (Å²) in [6, 6.07) is 0. The fourth-order valence-electron chi connectivity index (χ4n) is 3.26. The molecule has 8 heteroatoms. The maximum absolute atomic E-state index is 11.8. The maximum Gasteiger partial charge on any atom is 0.469 e. The first kappa shape index (κ1) is 28.1. The molecule has 0 rings (SSSR count). The average Bonchev–Trinajstić information content (AvgIpc) is 2.61. The van der Waals surface area contributed by atoms with Crippen LogP contribution in [0.4, 0.5) is 0 Å². The van der Waals surface area contributed by atoms with Crippen LogP contribution in [0.3, 0.4) is 0 Å². The standard InChI is InChI=1S/C20H43O6PS/c1-2-3-4-5-6-7-8-9-10-11-12-13-14-15-16-19-28(24,25)20-17-18-26-27(21,22)23/h2-20H2,1H3,(H2,21,22,23). The van der Waals surface area contributed by atoms with E-state index in [1.807, 2.05) is 0 Å². The van der Waals surface area contributed by atoms with E-state index in [1.165, 1.54) is 77.0 Å². The lowest BCUT2D eigenvalue weighted by Crippen LogP contribution is -2.12. The molecule has 0 aliphatic carbocycles. The van der Waals surface area contributed by atoms with Crippen molar-refractivity contribution in [3.8, 4) is 0 Å². The summed E-state index contributed by atoms with van der Waals surface area (Å²) in [5, 5.41) is 0. The summed E-state index contributed by atoms with van der Waals surface area (Å²) in [6.07, 6.45) is 18.8. The van der Waals surface area contributed by atoms with Gasteiger partial charge in [-0.25, -0.2) is 13.0 Å². The van der Waals surface area contributed by atoms with Crippen molar-refractivity contribution in [3.05, 3.63) is 0 Å². The van der Waals surface area contributed by atoms with Gasteiger partial charge >= 0.3 is 7.82 Å². The molecule has 0 fully saturated rings. The monoisotopic (exact) mass is 442 g/mol. The third kappa shape index (κ3) is 22.4. The van der Waals surface area contributed by atoms with Gasteiger partial charge in [0.25, 0.3) is 0 Å². The molecular weight excluding hydrogens is 399 g/mol. The predicted octanol–water partition coefficient (Wildman–Crippen LogP) is 5.77. The number of phosphoric acid groups is 1. The summed E-state index contributed by atoms with van der Waals surface area (Å²) < 4.78 is 38.4. The molecule has 0 heterocycles. The average molecular weight is 443 g/mol. The van der Waals surface area contributed by atoms with Crippen LogP contribution in [0.1, 0.15) is 110 Å². The molecule has 170 valence electrons. The van der Waals surface area contributed by atoms with Crippen LogP contribution >= 0.6 is 7.82 Å². The van der Waals surface area contributed by atoms with E-state index in [-0.39, 0.29) is 24.5 Å². The first-order valence-electron chi connectivity index (χ1n) is 11.2. The van der Waals surface area contributed by atoms with Crippen LogP contribution < -0.4 is 0 Å². The first-order chi connectivity index (χ1) is 13.3. The Hall–Kier alpha value is 0.0600. The highest BCUT2D eigenvalue weighted by atomic mass is 32.2. The minimum Gasteiger partial charge on any atom is -0.303 e. The Kier molecular flexibility index (Phi) is 17.9. The summed E-state index contributed by atoms with van der Waals surface area (Å²) in [4.78, 5) is 17.1. The van der Waals surface area contributed by atoms with Gasteiger partial charge in [-0.05, 0) is 12.8 Å². The van der Waals surface area contributed by atoms with Crippen LogP contribution in [0.25, 0.3) is 0 Å². The minimum atomic E-state index is -4.50. The van der Waals surface area contributed by atoms with E-state index < -0.39 is 17.7 Å². The smallest absolute Gasteiger partial charge is 0.303 e. The normalized spacial score (nSPS) is 12.5. The highest BCUT2D eigenvalue weighted by Crippen LogP contribution is 2.35. The zero-order valence-electron chi connectivity index (χ0n) is 17.8. The van der Waals surface area contributed by atoms with Crippen molar-refractivity contribution in [2.24, 2.45) is 0 Å². The van der Waals surface area contributed by atoms with Gasteiger partial charge in [-0.1, -0.05) is 96.8 Å². The molecule has 0 bridgehead atoms. The van der Waals surface area contributed by atoms with Gasteiger partial charge in [0.05, 0.1) is 18.1 Å². The summed E-state index contributed by atoms with van der Waals surface area (Å²) in [7, 11) is -7.65. The predicted molar refractivity (Wildman–Crippen MR) is 116 cm³/mol. The molecule has 0 aromatic carbocycles. The van der Waals surface area contributed by atoms with Gasteiger partial charge in [-0.3, -0.25) is 4.52 Å². The Balaban J connectivity index is 3.34. The highest BCUT2D eigenvalue weighted by Gasteiger charge is 2.15.